The van der Waals surface area contributed by atoms with Crippen LogP contribution in [0.4, 0.5) is 5.69 Å². The van der Waals surface area contributed by atoms with Crippen molar-refractivity contribution in [3.8, 4) is 0 Å². The SMILES string of the molecule is CC1CCCN(c2ccnc(C(=O)NCc3ccco3)c2)C1. The van der Waals surface area contributed by atoms with Gasteiger partial charge in [-0.1, -0.05) is 6.92 Å². The van der Waals surface area contributed by atoms with Gasteiger partial charge in [0.2, 0.25) is 0 Å². The van der Waals surface area contributed by atoms with Gasteiger partial charge in [0.15, 0.2) is 0 Å². The zero-order valence-electron chi connectivity index (χ0n) is 12.8. The number of aromatic nitrogens is 1. The third-order valence-electron chi connectivity index (χ3n) is 4.00. The maximum atomic E-state index is 12.2. The number of anilines is 1. The molecule has 5 nitrogen and oxygen atoms in total. The minimum absolute atomic E-state index is 0.177. The highest BCUT2D eigenvalue weighted by Gasteiger charge is 2.18. The summed E-state index contributed by atoms with van der Waals surface area (Å²) in [5, 5.41) is 2.83. The Morgan fingerprint density at radius 1 is 1.50 bits per heavy atom. The molecule has 0 aromatic carbocycles. The van der Waals surface area contributed by atoms with Gasteiger partial charge in [-0.05, 0) is 43.0 Å². The number of piperidine rings is 1. The molecule has 1 aliphatic rings. The fourth-order valence-corrected chi connectivity index (χ4v) is 2.84. The molecule has 1 fully saturated rings. The maximum Gasteiger partial charge on any atom is 0.270 e. The quantitative estimate of drug-likeness (QED) is 0.943. The van der Waals surface area contributed by atoms with Crippen LogP contribution in [0.3, 0.4) is 0 Å². The van der Waals surface area contributed by atoms with E-state index >= 15 is 0 Å². The maximum absolute atomic E-state index is 12.2. The van der Waals surface area contributed by atoms with Gasteiger partial charge in [0.1, 0.15) is 11.5 Å². The molecule has 3 heterocycles. The molecular formula is C17H21N3O2. The summed E-state index contributed by atoms with van der Waals surface area (Å²) in [5.74, 6) is 1.25. The number of carbonyl (C=O) groups is 1. The molecule has 0 radical (unpaired) electrons. The third-order valence-corrected chi connectivity index (χ3v) is 4.00. The number of nitrogens with one attached hydrogen (secondary N) is 1. The van der Waals surface area contributed by atoms with Gasteiger partial charge < -0.3 is 14.6 Å². The highest BCUT2D eigenvalue weighted by Crippen LogP contribution is 2.22. The second-order valence-corrected chi connectivity index (χ2v) is 5.85. The minimum Gasteiger partial charge on any atom is -0.467 e. The number of carbonyl (C=O) groups excluding carboxylic acids is 1. The first kappa shape index (κ1) is 14.6. The number of furan rings is 1. The van der Waals surface area contributed by atoms with E-state index in [1.165, 1.54) is 12.8 Å². The summed E-state index contributed by atoms with van der Waals surface area (Å²) in [5.41, 5.74) is 1.52. The number of hydrogen-bond donors (Lipinski definition) is 1. The fourth-order valence-electron chi connectivity index (χ4n) is 2.84. The van der Waals surface area contributed by atoms with Crippen LogP contribution in [0.1, 0.15) is 36.0 Å². The summed E-state index contributed by atoms with van der Waals surface area (Å²) in [6, 6.07) is 7.48. The zero-order valence-corrected chi connectivity index (χ0v) is 12.8. The topological polar surface area (TPSA) is 58.4 Å². The van der Waals surface area contributed by atoms with E-state index in [4.69, 9.17) is 4.42 Å². The Bertz CT molecular complexity index is 625. The molecule has 1 saturated heterocycles. The van der Waals surface area contributed by atoms with Gasteiger partial charge in [-0.2, -0.15) is 0 Å². The van der Waals surface area contributed by atoms with Crippen molar-refractivity contribution in [2.75, 3.05) is 18.0 Å². The molecule has 0 saturated carbocycles. The fraction of sp³-hybridized carbons (Fsp3) is 0.412. The molecule has 116 valence electrons. The van der Waals surface area contributed by atoms with E-state index in [1.807, 2.05) is 18.2 Å². The van der Waals surface area contributed by atoms with Crippen molar-refractivity contribution in [3.05, 3.63) is 48.2 Å². The normalized spacial score (nSPS) is 18.2. The lowest BCUT2D eigenvalue weighted by Crippen LogP contribution is -2.34. The van der Waals surface area contributed by atoms with Gasteiger partial charge in [-0.15, -0.1) is 0 Å². The molecule has 1 N–H and O–H groups in total. The average Bonchev–Trinajstić information content (AvgIpc) is 3.06. The highest BCUT2D eigenvalue weighted by atomic mass is 16.3. The lowest BCUT2D eigenvalue weighted by Gasteiger charge is -2.32. The number of rotatable bonds is 4. The van der Waals surface area contributed by atoms with Crippen LogP contribution in [0.2, 0.25) is 0 Å². The Labute approximate surface area is 130 Å². The van der Waals surface area contributed by atoms with Crippen LogP contribution >= 0.6 is 0 Å². The Hall–Kier alpha value is -2.30. The first-order valence-corrected chi connectivity index (χ1v) is 7.74. The van der Waals surface area contributed by atoms with Gasteiger partial charge in [0.05, 0.1) is 12.8 Å². The molecule has 0 bridgehead atoms. The standard InChI is InChI=1S/C17H21N3O2/c1-13-4-2-8-20(12-13)14-6-7-18-16(10-14)17(21)19-11-15-5-3-9-22-15/h3,5-7,9-10,13H,2,4,8,11-12H2,1H3,(H,19,21). The molecule has 22 heavy (non-hydrogen) atoms. The molecule has 0 spiro atoms. The van der Waals surface area contributed by atoms with Crippen LogP contribution in [0, 0.1) is 5.92 Å². The predicted molar refractivity (Wildman–Crippen MR) is 84.7 cm³/mol. The smallest absolute Gasteiger partial charge is 0.270 e. The summed E-state index contributed by atoms with van der Waals surface area (Å²) < 4.78 is 5.21. The molecular weight excluding hydrogens is 278 g/mol. The summed E-state index contributed by atoms with van der Waals surface area (Å²) >= 11 is 0. The monoisotopic (exact) mass is 299 g/mol. The zero-order chi connectivity index (χ0) is 15.4. The Morgan fingerprint density at radius 2 is 2.41 bits per heavy atom. The largest absolute Gasteiger partial charge is 0.467 e. The second kappa shape index (κ2) is 6.64. The van der Waals surface area contributed by atoms with Crippen molar-refractivity contribution in [2.24, 2.45) is 5.92 Å². The van der Waals surface area contributed by atoms with E-state index in [-0.39, 0.29) is 5.91 Å². The van der Waals surface area contributed by atoms with Crippen molar-refractivity contribution >= 4 is 11.6 Å². The molecule has 2 aromatic heterocycles. The molecule has 1 atom stereocenters. The predicted octanol–water partition coefficient (Wildman–Crippen LogP) is 2.84. The molecule has 2 aromatic rings. The summed E-state index contributed by atoms with van der Waals surface area (Å²) in [6.07, 6.45) is 5.77. The van der Waals surface area contributed by atoms with E-state index < -0.39 is 0 Å². The van der Waals surface area contributed by atoms with E-state index in [0.717, 1.165) is 24.5 Å². The minimum atomic E-state index is -0.177. The van der Waals surface area contributed by atoms with Crippen LogP contribution < -0.4 is 10.2 Å². The molecule has 1 aliphatic heterocycles. The molecule has 5 heteroatoms. The lowest BCUT2D eigenvalue weighted by molar-refractivity contribution is 0.0943. The van der Waals surface area contributed by atoms with Gasteiger partial charge in [-0.3, -0.25) is 9.78 Å². The van der Waals surface area contributed by atoms with Crippen molar-refractivity contribution in [1.29, 1.82) is 0 Å². The van der Waals surface area contributed by atoms with Gasteiger partial charge >= 0.3 is 0 Å². The average molecular weight is 299 g/mol. The van der Waals surface area contributed by atoms with Gasteiger partial charge in [0, 0.05) is 25.0 Å². The van der Waals surface area contributed by atoms with Gasteiger partial charge in [-0.25, -0.2) is 0 Å². The van der Waals surface area contributed by atoms with E-state index in [1.54, 1.807) is 18.5 Å². The first-order chi connectivity index (χ1) is 10.7. The van der Waals surface area contributed by atoms with E-state index in [9.17, 15) is 4.79 Å². The molecule has 1 amide bonds. The Kier molecular flexibility index (Phi) is 4.42. The van der Waals surface area contributed by atoms with Gasteiger partial charge in [0.25, 0.3) is 5.91 Å². The number of pyridine rings is 1. The third kappa shape index (κ3) is 3.47. The summed E-state index contributed by atoms with van der Waals surface area (Å²) in [4.78, 5) is 18.7. The Balaban J connectivity index is 1.66. The van der Waals surface area contributed by atoms with Crippen molar-refractivity contribution in [2.45, 2.75) is 26.3 Å². The van der Waals surface area contributed by atoms with Crippen molar-refractivity contribution in [1.82, 2.24) is 10.3 Å². The number of amides is 1. The van der Waals surface area contributed by atoms with Crippen LogP contribution in [0.25, 0.3) is 0 Å². The highest BCUT2D eigenvalue weighted by molar-refractivity contribution is 5.93. The second-order valence-electron chi connectivity index (χ2n) is 5.85. The van der Waals surface area contributed by atoms with E-state index in [0.29, 0.717) is 18.2 Å². The summed E-state index contributed by atoms with van der Waals surface area (Å²) in [6.45, 7) is 4.72. The number of hydrogen-bond acceptors (Lipinski definition) is 4. The van der Waals surface area contributed by atoms with Crippen LogP contribution in [-0.4, -0.2) is 24.0 Å². The van der Waals surface area contributed by atoms with Crippen LogP contribution in [-0.2, 0) is 6.54 Å². The van der Waals surface area contributed by atoms with Crippen LogP contribution in [0.15, 0.2) is 41.1 Å². The lowest BCUT2D eigenvalue weighted by atomic mass is 10.00. The van der Waals surface area contributed by atoms with Crippen molar-refractivity contribution < 1.29 is 9.21 Å². The summed E-state index contributed by atoms with van der Waals surface area (Å²) in [7, 11) is 0. The molecule has 1 unspecified atom stereocenters. The molecule has 3 rings (SSSR count). The number of nitrogens with zero attached hydrogens (tertiary/aromatic N) is 2. The van der Waals surface area contributed by atoms with E-state index in [2.05, 4.69) is 22.1 Å². The van der Waals surface area contributed by atoms with Crippen molar-refractivity contribution in [3.63, 3.8) is 0 Å². The van der Waals surface area contributed by atoms with Crippen LogP contribution in [0.5, 0.6) is 0 Å². The molecule has 0 aliphatic carbocycles. The first-order valence-electron chi connectivity index (χ1n) is 7.74. The Morgan fingerprint density at radius 3 is 3.18 bits per heavy atom.